The van der Waals surface area contributed by atoms with E-state index in [1.807, 2.05) is 0 Å². The fraction of sp³-hybridized carbons (Fsp3) is 0.636. The molecule has 0 aromatic carbocycles. The molecule has 4 nitrogen and oxygen atoms in total. The first-order valence-corrected chi connectivity index (χ1v) is 5.71. The molecule has 1 fully saturated rings. The number of hydrogen-bond acceptors (Lipinski definition) is 3. The lowest BCUT2D eigenvalue weighted by Crippen LogP contribution is -2.25. The highest BCUT2D eigenvalue weighted by atomic mass is 16.1. The summed E-state index contributed by atoms with van der Waals surface area (Å²) in [6.45, 7) is 2.06. The van der Waals surface area contributed by atoms with Gasteiger partial charge in [0.15, 0.2) is 0 Å². The zero-order chi connectivity index (χ0) is 10.3. The zero-order valence-electron chi connectivity index (χ0n) is 8.75. The molecule has 4 heteroatoms. The van der Waals surface area contributed by atoms with Crippen LogP contribution in [-0.2, 0) is 12.8 Å². The quantitative estimate of drug-likeness (QED) is 0.739. The van der Waals surface area contributed by atoms with E-state index in [1.54, 1.807) is 0 Å². The summed E-state index contributed by atoms with van der Waals surface area (Å²) in [6, 6.07) is 0. The second kappa shape index (κ2) is 3.36. The Morgan fingerprint density at radius 3 is 2.73 bits per heavy atom. The minimum absolute atomic E-state index is 0.0828. The van der Waals surface area contributed by atoms with E-state index in [0.29, 0.717) is 0 Å². The Morgan fingerprint density at radius 1 is 1.13 bits per heavy atom. The molecule has 1 saturated heterocycles. The van der Waals surface area contributed by atoms with Crippen LogP contribution < -0.4 is 10.5 Å². The molecule has 3 rings (SSSR count). The van der Waals surface area contributed by atoms with E-state index < -0.39 is 0 Å². The third-order valence-corrected chi connectivity index (χ3v) is 3.33. The van der Waals surface area contributed by atoms with Crippen LogP contribution in [-0.4, -0.2) is 23.1 Å². The number of nitrogens with one attached hydrogen (secondary N) is 1. The Morgan fingerprint density at radius 2 is 1.93 bits per heavy atom. The first kappa shape index (κ1) is 8.95. The van der Waals surface area contributed by atoms with Crippen molar-refractivity contribution in [1.82, 2.24) is 9.97 Å². The normalized spacial score (nSPS) is 19.6. The third-order valence-electron chi connectivity index (χ3n) is 3.33. The molecule has 80 valence electrons. The van der Waals surface area contributed by atoms with Gasteiger partial charge in [-0.3, -0.25) is 9.78 Å². The summed E-state index contributed by atoms with van der Waals surface area (Å²) in [5.74, 6) is 0.790. The van der Waals surface area contributed by atoms with Crippen molar-refractivity contribution in [1.29, 1.82) is 0 Å². The number of rotatable bonds is 1. The molecule has 2 heterocycles. The fourth-order valence-electron chi connectivity index (χ4n) is 2.51. The predicted octanol–water partition coefficient (Wildman–Crippen LogP) is 0.859. The molecule has 0 radical (unpaired) electrons. The van der Waals surface area contributed by atoms with Gasteiger partial charge >= 0.3 is 0 Å². The van der Waals surface area contributed by atoms with E-state index in [4.69, 9.17) is 0 Å². The van der Waals surface area contributed by atoms with Crippen molar-refractivity contribution in [2.24, 2.45) is 0 Å². The summed E-state index contributed by atoms with van der Waals surface area (Å²) < 4.78 is 0. The molecule has 0 spiro atoms. The van der Waals surface area contributed by atoms with Gasteiger partial charge in [-0.2, -0.15) is 0 Å². The summed E-state index contributed by atoms with van der Waals surface area (Å²) in [4.78, 5) is 21.4. The number of fused-ring (bicyclic) bond motifs is 1. The van der Waals surface area contributed by atoms with E-state index in [0.717, 1.165) is 49.6 Å². The van der Waals surface area contributed by atoms with Gasteiger partial charge in [-0.25, -0.2) is 4.98 Å². The highest BCUT2D eigenvalue weighted by Gasteiger charge is 2.20. The average molecular weight is 205 g/mol. The van der Waals surface area contributed by atoms with Crippen molar-refractivity contribution in [3.63, 3.8) is 0 Å². The highest BCUT2D eigenvalue weighted by molar-refractivity contribution is 5.35. The van der Waals surface area contributed by atoms with Gasteiger partial charge in [0.2, 0.25) is 5.95 Å². The molecule has 0 saturated carbocycles. The topological polar surface area (TPSA) is 49.0 Å². The molecule has 1 N–H and O–H groups in total. The van der Waals surface area contributed by atoms with Crippen LogP contribution in [0.15, 0.2) is 4.79 Å². The van der Waals surface area contributed by atoms with Crippen molar-refractivity contribution < 1.29 is 0 Å². The SMILES string of the molecule is O=c1[nH]c(N2CCCC2)nc2c1CCC2. The van der Waals surface area contributed by atoms with Crippen LogP contribution in [0.1, 0.15) is 30.5 Å². The molecule has 1 aliphatic heterocycles. The third kappa shape index (κ3) is 1.44. The van der Waals surface area contributed by atoms with Gasteiger partial charge in [-0.05, 0) is 32.1 Å². The number of H-pyrrole nitrogens is 1. The maximum atomic E-state index is 11.8. The van der Waals surface area contributed by atoms with Crippen LogP contribution in [0, 0.1) is 0 Å². The van der Waals surface area contributed by atoms with Gasteiger partial charge in [0.05, 0.1) is 5.69 Å². The van der Waals surface area contributed by atoms with E-state index in [9.17, 15) is 4.79 Å². The lowest BCUT2D eigenvalue weighted by atomic mass is 10.3. The van der Waals surface area contributed by atoms with Crippen molar-refractivity contribution in [2.75, 3.05) is 18.0 Å². The first-order valence-electron chi connectivity index (χ1n) is 5.71. The Bertz CT molecular complexity index is 432. The minimum atomic E-state index is 0.0828. The van der Waals surface area contributed by atoms with Crippen LogP contribution in [0.4, 0.5) is 5.95 Å². The Kier molecular flexibility index (Phi) is 2.01. The minimum Gasteiger partial charge on any atom is -0.342 e. The van der Waals surface area contributed by atoms with Crippen molar-refractivity contribution >= 4 is 5.95 Å². The van der Waals surface area contributed by atoms with E-state index in [-0.39, 0.29) is 5.56 Å². The molecule has 1 aromatic heterocycles. The Labute approximate surface area is 88.3 Å². The van der Waals surface area contributed by atoms with Crippen molar-refractivity contribution in [3.8, 4) is 0 Å². The molecule has 0 bridgehead atoms. The average Bonchev–Trinajstić information content (AvgIpc) is 2.88. The van der Waals surface area contributed by atoms with Gasteiger partial charge in [-0.15, -0.1) is 0 Å². The lowest BCUT2D eigenvalue weighted by molar-refractivity contribution is 0.866. The van der Waals surface area contributed by atoms with Crippen molar-refractivity contribution in [2.45, 2.75) is 32.1 Å². The van der Waals surface area contributed by atoms with E-state index in [1.165, 1.54) is 12.8 Å². The number of aromatic amines is 1. The molecular weight excluding hydrogens is 190 g/mol. The summed E-state index contributed by atoms with van der Waals surface area (Å²) in [7, 11) is 0. The van der Waals surface area contributed by atoms with Gasteiger partial charge in [0.25, 0.3) is 5.56 Å². The van der Waals surface area contributed by atoms with E-state index >= 15 is 0 Å². The van der Waals surface area contributed by atoms with Crippen LogP contribution in [0.25, 0.3) is 0 Å². The molecule has 0 atom stereocenters. The number of aromatic nitrogens is 2. The fourth-order valence-corrected chi connectivity index (χ4v) is 2.51. The van der Waals surface area contributed by atoms with Crippen LogP contribution in [0.5, 0.6) is 0 Å². The molecule has 0 unspecified atom stereocenters. The van der Waals surface area contributed by atoms with Gasteiger partial charge in [0.1, 0.15) is 0 Å². The number of hydrogen-bond donors (Lipinski definition) is 1. The zero-order valence-corrected chi connectivity index (χ0v) is 8.75. The predicted molar refractivity (Wildman–Crippen MR) is 58.3 cm³/mol. The maximum Gasteiger partial charge on any atom is 0.255 e. The molecule has 2 aliphatic rings. The molecule has 1 aromatic rings. The van der Waals surface area contributed by atoms with Gasteiger partial charge in [-0.1, -0.05) is 0 Å². The largest absolute Gasteiger partial charge is 0.342 e. The van der Waals surface area contributed by atoms with Crippen LogP contribution in [0.3, 0.4) is 0 Å². The molecule has 0 amide bonds. The number of nitrogens with zero attached hydrogens (tertiary/aromatic N) is 2. The summed E-state index contributed by atoms with van der Waals surface area (Å²) >= 11 is 0. The van der Waals surface area contributed by atoms with Gasteiger partial charge in [0, 0.05) is 18.7 Å². The Balaban J connectivity index is 2.03. The van der Waals surface area contributed by atoms with Crippen molar-refractivity contribution in [3.05, 3.63) is 21.6 Å². The second-order valence-electron chi connectivity index (χ2n) is 4.36. The number of anilines is 1. The molecular formula is C11H15N3O. The summed E-state index contributed by atoms with van der Waals surface area (Å²) in [6.07, 6.45) is 5.37. The van der Waals surface area contributed by atoms with Crippen LogP contribution >= 0.6 is 0 Å². The summed E-state index contributed by atoms with van der Waals surface area (Å²) in [5, 5.41) is 0. The standard InChI is InChI=1S/C11H15N3O/c15-10-8-4-3-5-9(8)12-11(13-10)14-6-1-2-7-14/h1-7H2,(H,12,13,15). The second-order valence-corrected chi connectivity index (χ2v) is 4.36. The Hall–Kier alpha value is -1.32. The van der Waals surface area contributed by atoms with Gasteiger partial charge < -0.3 is 4.90 Å². The van der Waals surface area contributed by atoms with Crippen LogP contribution in [0.2, 0.25) is 0 Å². The summed E-state index contributed by atoms with van der Waals surface area (Å²) in [5.41, 5.74) is 2.03. The first-order chi connectivity index (χ1) is 7.34. The smallest absolute Gasteiger partial charge is 0.255 e. The molecule has 15 heavy (non-hydrogen) atoms. The number of aryl methyl sites for hydroxylation is 1. The monoisotopic (exact) mass is 205 g/mol. The molecule has 1 aliphatic carbocycles. The van der Waals surface area contributed by atoms with E-state index in [2.05, 4.69) is 14.9 Å². The highest BCUT2D eigenvalue weighted by Crippen LogP contribution is 2.20. The maximum absolute atomic E-state index is 11.8. The lowest BCUT2D eigenvalue weighted by Gasteiger charge is -2.16.